The standard InChI is InChI=1S/C9H9BrN2O2S/c1-2-15(13,14)9-5-11-8-4-3-7(10)6-12(8)9/h3-6H,2H2,1H3. The summed E-state index contributed by atoms with van der Waals surface area (Å²) in [5.74, 6) is 0.0767. The van der Waals surface area contributed by atoms with Gasteiger partial charge < -0.3 is 0 Å². The first kappa shape index (κ1) is 10.6. The van der Waals surface area contributed by atoms with Crippen molar-refractivity contribution in [2.24, 2.45) is 0 Å². The number of hydrogen-bond acceptors (Lipinski definition) is 3. The summed E-state index contributed by atoms with van der Waals surface area (Å²) in [4.78, 5) is 4.04. The summed E-state index contributed by atoms with van der Waals surface area (Å²) < 4.78 is 25.8. The maximum Gasteiger partial charge on any atom is 0.195 e. The molecule has 0 aliphatic heterocycles. The molecule has 2 heterocycles. The minimum absolute atomic E-state index is 0.0767. The molecule has 0 atom stereocenters. The van der Waals surface area contributed by atoms with E-state index < -0.39 is 9.84 Å². The Morgan fingerprint density at radius 2 is 2.20 bits per heavy atom. The van der Waals surface area contributed by atoms with Gasteiger partial charge in [0, 0.05) is 10.7 Å². The molecular formula is C9H9BrN2O2S. The molecule has 6 heteroatoms. The second-order valence-electron chi connectivity index (χ2n) is 3.08. The quantitative estimate of drug-likeness (QED) is 0.848. The van der Waals surface area contributed by atoms with E-state index in [4.69, 9.17) is 0 Å². The normalized spacial score (nSPS) is 12.1. The van der Waals surface area contributed by atoms with E-state index >= 15 is 0 Å². The molecule has 2 rings (SSSR count). The summed E-state index contributed by atoms with van der Waals surface area (Å²) in [5, 5.41) is 0.237. The van der Waals surface area contributed by atoms with Gasteiger partial charge >= 0.3 is 0 Å². The lowest BCUT2D eigenvalue weighted by molar-refractivity contribution is 0.592. The summed E-state index contributed by atoms with van der Waals surface area (Å²) in [6.07, 6.45) is 3.09. The van der Waals surface area contributed by atoms with Gasteiger partial charge in [-0.3, -0.25) is 4.40 Å². The monoisotopic (exact) mass is 288 g/mol. The molecule has 0 aliphatic rings. The van der Waals surface area contributed by atoms with Crippen molar-refractivity contribution in [3.8, 4) is 0 Å². The minimum Gasteiger partial charge on any atom is -0.289 e. The molecule has 0 saturated heterocycles. The van der Waals surface area contributed by atoms with Crippen LogP contribution in [0.4, 0.5) is 0 Å². The SMILES string of the molecule is CCS(=O)(=O)c1cnc2ccc(Br)cn12. The number of aromatic nitrogens is 2. The number of pyridine rings is 1. The second-order valence-corrected chi connectivity index (χ2v) is 6.22. The van der Waals surface area contributed by atoms with Crippen molar-refractivity contribution in [2.45, 2.75) is 11.9 Å². The zero-order chi connectivity index (χ0) is 11.1. The Balaban J connectivity index is 2.78. The molecule has 0 aliphatic carbocycles. The van der Waals surface area contributed by atoms with Crippen molar-refractivity contribution in [3.05, 3.63) is 29.0 Å². The first-order valence-electron chi connectivity index (χ1n) is 4.40. The molecule has 0 aromatic carbocycles. The van der Waals surface area contributed by atoms with Gasteiger partial charge in [0.05, 0.1) is 11.9 Å². The smallest absolute Gasteiger partial charge is 0.195 e. The molecule has 80 valence electrons. The van der Waals surface area contributed by atoms with Gasteiger partial charge in [-0.15, -0.1) is 0 Å². The minimum atomic E-state index is -3.22. The number of nitrogens with zero attached hydrogens (tertiary/aromatic N) is 2. The molecule has 0 N–H and O–H groups in total. The number of sulfone groups is 1. The lowest BCUT2D eigenvalue weighted by Gasteiger charge is -2.01. The number of fused-ring (bicyclic) bond motifs is 1. The molecule has 0 amide bonds. The number of rotatable bonds is 2. The molecule has 2 aromatic rings. The summed E-state index contributed by atoms with van der Waals surface area (Å²) in [6.45, 7) is 1.62. The van der Waals surface area contributed by atoms with Crippen LogP contribution in [0.1, 0.15) is 6.92 Å². The van der Waals surface area contributed by atoms with Gasteiger partial charge in [-0.05, 0) is 28.1 Å². The van der Waals surface area contributed by atoms with Crippen molar-refractivity contribution in [2.75, 3.05) is 5.75 Å². The third-order valence-electron chi connectivity index (χ3n) is 2.13. The second kappa shape index (κ2) is 3.61. The van der Waals surface area contributed by atoms with Crippen LogP contribution in [0, 0.1) is 0 Å². The number of halogens is 1. The Morgan fingerprint density at radius 3 is 2.87 bits per heavy atom. The molecule has 0 saturated carbocycles. The average molecular weight is 289 g/mol. The van der Waals surface area contributed by atoms with Gasteiger partial charge in [-0.25, -0.2) is 13.4 Å². The highest BCUT2D eigenvalue weighted by Gasteiger charge is 2.16. The largest absolute Gasteiger partial charge is 0.289 e. The van der Waals surface area contributed by atoms with Gasteiger partial charge in [-0.1, -0.05) is 6.92 Å². The maximum atomic E-state index is 11.7. The van der Waals surface area contributed by atoms with Crippen molar-refractivity contribution in [1.82, 2.24) is 9.38 Å². The Morgan fingerprint density at radius 1 is 1.47 bits per heavy atom. The Kier molecular flexibility index (Phi) is 2.56. The highest BCUT2D eigenvalue weighted by molar-refractivity contribution is 9.10. The third kappa shape index (κ3) is 1.79. The van der Waals surface area contributed by atoms with Gasteiger partial charge in [-0.2, -0.15) is 0 Å². The van der Waals surface area contributed by atoms with E-state index in [0.717, 1.165) is 4.47 Å². The first-order chi connectivity index (χ1) is 7.04. The topological polar surface area (TPSA) is 51.4 Å². The summed E-state index contributed by atoms with van der Waals surface area (Å²) in [5.41, 5.74) is 0.630. The molecule has 4 nitrogen and oxygen atoms in total. The molecular weight excluding hydrogens is 280 g/mol. The van der Waals surface area contributed by atoms with E-state index in [1.165, 1.54) is 6.20 Å². The molecule has 0 radical (unpaired) electrons. The van der Waals surface area contributed by atoms with E-state index in [1.807, 2.05) is 6.07 Å². The Hall–Kier alpha value is -0.880. The van der Waals surface area contributed by atoms with E-state index in [9.17, 15) is 8.42 Å². The van der Waals surface area contributed by atoms with Gasteiger partial charge in [0.15, 0.2) is 14.9 Å². The Bertz CT molecular complexity index is 604. The Labute approximate surface area is 96.0 Å². The van der Waals surface area contributed by atoms with Gasteiger partial charge in [0.1, 0.15) is 5.65 Å². The summed E-state index contributed by atoms with van der Waals surface area (Å²) in [7, 11) is -3.22. The van der Waals surface area contributed by atoms with E-state index in [2.05, 4.69) is 20.9 Å². The predicted molar refractivity (Wildman–Crippen MR) is 60.6 cm³/mol. The van der Waals surface area contributed by atoms with E-state index in [0.29, 0.717) is 5.65 Å². The van der Waals surface area contributed by atoms with E-state index in [1.54, 1.807) is 23.6 Å². The molecule has 0 bridgehead atoms. The zero-order valence-electron chi connectivity index (χ0n) is 8.01. The fourth-order valence-corrected chi connectivity index (χ4v) is 2.60. The fourth-order valence-electron chi connectivity index (χ4n) is 1.31. The van der Waals surface area contributed by atoms with Gasteiger partial charge in [0.25, 0.3) is 0 Å². The molecule has 15 heavy (non-hydrogen) atoms. The highest BCUT2D eigenvalue weighted by Crippen LogP contribution is 2.17. The summed E-state index contributed by atoms with van der Waals surface area (Å²) in [6, 6.07) is 3.59. The van der Waals surface area contributed by atoms with Crippen LogP contribution in [-0.2, 0) is 9.84 Å². The first-order valence-corrected chi connectivity index (χ1v) is 6.84. The van der Waals surface area contributed by atoms with Crippen LogP contribution in [-0.4, -0.2) is 23.6 Å². The van der Waals surface area contributed by atoms with Crippen LogP contribution >= 0.6 is 15.9 Å². The predicted octanol–water partition coefficient (Wildman–Crippen LogP) is 1.89. The molecule has 0 fully saturated rings. The van der Waals surface area contributed by atoms with Crippen molar-refractivity contribution >= 4 is 31.4 Å². The number of hydrogen-bond donors (Lipinski definition) is 0. The van der Waals surface area contributed by atoms with Gasteiger partial charge in [0.2, 0.25) is 0 Å². The third-order valence-corrected chi connectivity index (χ3v) is 4.30. The molecule has 2 aromatic heterocycles. The summed E-state index contributed by atoms with van der Waals surface area (Å²) >= 11 is 3.30. The average Bonchev–Trinajstić information content (AvgIpc) is 2.61. The number of imidazole rings is 1. The molecule has 0 spiro atoms. The maximum absolute atomic E-state index is 11.7. The van der Waals surface area contributed by atoms with Crippen LogP contribution in [0.5, 0.6) is 0 Å². The zero-order valence-corrected chi connectivity index (χ0v) is 10.4. The van der Waals surface area contributed by atoms with E-state index in [-0.39, 0.29) is 10.8 Å². The van der Waals surface area contributed by atoms with Crippen LogP contribution in [0.25, 0.3) is 5.65 Å². The fraction of sp³-hybridized carbons (Fsp3) is 0.222. The van der Waals surface area contributed by atoms with Crippen LogP contribution in [0.2, 0.25) is 0 Å². The van der Waals surface area contributed by atoms with Crippen molar-refractivity contribution in [3.63, 3.8) is 0 Å². The molecule has 0 unspecified atom stereocenters. The van der Waals surface area contributed by atoms with Crippen LogP contribution < -0.4 is 0 Å². The van der Waals surface area contributed by atoms with Crippen LogP contribution in [0.15, 0.2) is 34.0 Å². The van der Waals surface area contributed by atoms with Crippen molar-refractivity contribution in [1.29, 1.82) is 0 Å². The lowest BCUT2D eigenvalue weighted by Crippen LogP contribution is -2.06. The lowest BCUT2D eigenvalue weighted by atomic mass is 10.5. The van der Waals surface area contributed by atoms with Crippen LogP contribution in [0.3, 0.4) is 0 Å². The highest BCUT2D eigenvalue weighted by atomic mass is 79.9. The van der Waals surface area contributed by atoms with Crippen molar-refractivity contribution < 1.29 is 8.42 Å².